The second kappa shape index (κ2) is 8.51. The maximum Gasteiger partial charge on any atom is 0.416 e. The first-order chi connectivity index (χ1) is 15.1. The Kier molecular flexibility index (Phi) is 5.91. The van der Waals surface area contributed by atoms with Gasteiger partial charge in [0.1, 0.15) is 10.8 Å². The molecule has 1 aliphatic rings. The predicted octanol–water partition coefficient (Wildman–Crippen LogP) is 6.38. The van der Waals surface area contributed by atoms with Gasteiger partial charge in [-0.15, -0.1) is 11.3 Å². The van der Waals surface area contributed by atoms with Crippen molar-refractivity contribution in [2.24, 2.45) is 0 Å². The molecule has 32 heavy (non-hydrogen) atoms. The van der Waals surface area contributed by atoms with Gasteiger partial charge in [-0.1, -0.05) is 6.07 Å². The minimum Gasteiger partial charge on any atom is -0.308 e. The van der Waals surface area contributed by atoms with Crippen LogP contribution in [0.5, 0.6) is 0 Å². The summed E-state index contributed by atoms with van der Waals surface area (Å²) >= 11 is 1.38. The van der Waals surface area contributed by atoms with Crippen molar-refractivity contribution in [2.45, 2.75) is 44.4 Å². The summed E-state index contributed by atoms with van der Waals surface area (Å²) in [4.78, 5) is 21.7. The van der Waals surface area contributed by atoms with E-state index in [1.165, 1.54) is 23.5 Å². The minimum atomic E-state index is -4.50. The third kappa shape index (κ3) is 4.76. The highest BCUT2D eigenvalue weighted by atomic mass is 32.1. The van der Waals surface area contributed by atoms with Crippen molar-refractivity contribution in [3.05, 3.63) is 58.9 Å². The minimum absolute atomic E-state index is 0.0141. The van der Waals surface area contributed by atoms with Crippen LogP contribution in [-0.4, -0.2) is 16.0 Å². The van der Waals surface area contributed by atoms with Crippen molar-refractivity contribution in [1.29, 1.82) is 0 Å². The molecule has 10 heteroatoms. The van der Waals surface area contributed by atoms with Crippen molar-refractivity contribution in [3.63, 3.8) is 0 Å². The number of nitrogens with zero attached hydrogens (tertiary/aromatic N) is 2. The third-order valence-electron chi connectivity index (χ3n) is 5.31. The molecule has 0 aliphatic heterocycles. The molecule has 167 valence electrons. The van der Waals surface area contributed by atoms with Gasteiger partial charge in [0, 0.05) is 17.4 Å². The van der Waals surface area contributed by atoms with Gasteiger partial charge in [-0.05, 0) is 62.9 Å². The fourth-order valence-electron chi connectivity index (χ4n) is 3.67. The van der Waals surface area contributed by atoms with Gasteiger partial charge in [0.15, 0.2) is 5.60 Å². The van der Waals surface area contributed by atoms with E-state index in [-0.39, 0.29) is 11.5 Å². The molecular formula is C22H20F3N4O2S. The second-order valence-electron chi connectivity index (χ2n) is 7.72. The zero-order chi connectivity index (χ0) is 22.9. The van der Waals surface area contributed by atoms with E-state index in [1.807, 2.05) is 6.92 Å². The zero-order valence-electron chi connectivity index (χ0n) is 17.1. The number of rotatable bonds is 4. The molecule has 3 aromatic rings. The molecule has 0 unspecified atom stereocenters. The van der Waals surface area contributed by atoms with Gasteiger partial charge in [-0.25, -0.2) is 19.9 Å². The van der Waals surface area contributed by atoms with Crippen LogP contribution in [0, 0.1) is 6.92 Å². The van der Waals surface area contributed by atoms with Crippen molar-refractivity contribution < 1.29 is 23.1 Å². The summed E-state index contributed by atoms with van der Waals surface area (Å²) in [6.07, 6.45) is 0.104. The normalized spacial score (nSPS) is 15.5. The number of hydrogen-bond donors (Lipinski definition) is 2. The molecule has 1 fully saturated rings. The molecule has 6 nitrogen and oxygen atoms in total. The fraction of sp³-hybridized carbons (Fsp3) is 0.318. The lowest BCUT2D eigenvalue weighted by molar-refractivity contribution is -0.137. The first-order valence-electron chi connectivity index (χ1n) is 10.0. The number of aromatic nitrogens is 2. The van der Waals surface area contributed by atoms with E-state index >= 15 is 0 Å². The Hall–Kier alpha value is -2.98. The zero-order valence-corrected chi connectivity index (χ0v) is 17.9. The lowest BCUT2D eigenvalue weighted by atomic mass is 10.0. The quantitative estimate of drug-likeness (QED) is 0.473. The summed E-state index contributed by atoms with van der Waals surface area (Å²) in [5.41, 5.74) is -0.409. The van der Waals surface area contributed by atoms with Crippen LogP contribution in [0.4, 0.5) is 29.5 Å². The molecule has 1 radical (unpaired) electrons. The van der Waals surface area contributed by atoms with Gasteiger partial charge in [0.25, 0.3) is 0 Å². The van der Waals surface area contributed by atoms with Crippen molar-refractivity contribution in [1.82, 2.24) is 9.97 Å². The van der Waals surface area contributed by atoms with E-state index in [4.69, 9.17) is 0 Å². The van der Waals surface area contributed by atoms with E-state index in [0.29, 0.717) is 17.8 Å². The Balaban J connectivity index is 1.43. The van der Waals surface area contributed by atoms with Crippen LogP contribution in [0.25, 0.3) is 10.4 Å². The molecule has 0 atom stereocenters. The monoisotopic (exact) mass is 461 g/mol. The van der Waals surface area contributed by atoms with E-state index in [2.05, 4.69) is 20.6 Å². The fourth-order valence-corrected chi connectivity index (χ4v) is 4.87. The Morgan fingerprint density at radius 1 is 1.12 bits per heavy atom. The molecule has 0 spiro atoms. The summed E-state index contributed by atoms with van der Waals surface area (Å²) in [5, 5.41) is 18.4. The Morgan fingerprint density at radius 3 is 2.53 bits per heavy atom. The molecular weight excluding hydrogens is 441 g/mol. The number of benzene rings is 1. The van der Waals surface area contributed by atoms with Crippen LogP contribution in [-0.2, 0) is 16.9 Å². The number of hydrogen-bond acceptors (Lipinski definition) is 4. The first-order valence-corrected chi connectivity index (χ1v) is 10.9. The lowest BCUT2D eigenvalue weighted by Crippen LogP contribution is -2.20. The number of pyridine rings is 1. The van der Waals surface area contributed by atoms with Gasteiger partial charge in [-0.2, -0.15) is 13.2 Å². The highest BCUT2D eigenvalue weighted by Gasteiger charge is 2.38. The number of carbonyl (C=O) groups is 1. The average molecular weight is 461 g/mol. The SMILES string of the molecule is Cc1nc(C2([O])CCCC2)sc1-c1ccc(NC(=O)Nc2cccc(C(F)(F)F)c2)nc1. The number of aryl methyl sites for hydroxylation is 1. The van der Waals surface area contributed by atoms with E-state index in [0.717, 1.165) is 41.1 Å². The van der Waals surface area contributed by atoms with Crippen LogP contribution >= 0.6 is 11.3 Å². The van der Waals surface area contributed by atoms with Gasteiger partial charge >= 0.3 is 12.2 Å². The van der Waals surface area contributed by atoms with Crippen LogP contribution in [0.3, 0.4) is 0 Å². The highest BCUT2D eigenvalue weighted by molar-refractivity contribution is 7.15. The van der Waals surface area contributed by atoms with Gasteiger partial charge in [-0.3, -0.25) is 5.32 Å². The largest absolute Gasteiger partial charge is 0.416 e. The third-order valence-corrected chi connectivity index (χ3v) is 6.70. The molecule has 2 amide bonds. The number of halogens is 3. The van der Waals surface area contributed by atoms with E-state index in [9.17, 15) is 23.1 Å². The number of amides is 2. The van der Waals surface area contributed by atoms with Crippen molar-refractivity contribution in [2.75, 3.05) is 10.6 Å². The summed E-state index contributed by atoms with van der Waals surface area (Å²) < 4.78 is 38.4. The predicted molar refractivity (Wildman–Crippen MR) is 115 cm³/mol. The van der Waals surface area contributed by atoms with E-state index in [1.54, 1.807) is 18.3 Å². The molecule has 2 aromatic heterocycles. The van der Waals surface area contributed by atoms with Crippen LogP contribution in [0.15, 0.2) is 42.6 Å². The average Bonchev–Trinajstić information content (AvgIpc) is 3.35. The van der Waals surface area contributed by atoms with Crippen molar-refractivity contribution >= 4 is 28.9 Å². The Bertz CT molecular complexity index is 1120. The summed E-state index contributed by atoms with van der Waals surface area (Å²) in [6.45, 7) is 1.85. The van der Waals surface area contributed by atoms with Crippen LogP contribution in [0.2, 0.25) is 0 Å². The van der Waals surface area contributed by atoms with Crippen LogP contribution in [0.1, 0.15) is 41.9 Å². The number of anilines is 2. The lowest BCUT2D eigenvalue weighted by Gasteiger charge is -2.14. The number of urea groups is 1. The second-order valence-corrected chi connectivity index (χ2v) is 8.72. The number of carbonyl (C=O) groups excluding carboxylic acids is 1. The van der Waals surface area contributed by atoms with Gasteiger partial charge < -0.3 is 5.32 Å². The highest BCUT2D eigenvalue weighted by Crippen LogP contribution is 2.43. The number of nitrogens with one attached hydrogen (secondary N) is 2. The van der Waals surface area contributed by atoms with Gasteiger partial charge in [0.2, 0.25) is 0 Å². The molecule has 4 rings (SSSR count). The molecule has 1 saturated carbocycles. The Morgan fingerprint density at radius 2 is 1.88 bits per heavy atom. The number of alkyl halides is 3. The summed E-state index contributed by atoms with van der Waals surface area (Å²) in [7, 11) is 0. The standard InChI is InChI=1S/C22H20F3N4O2S/c1-13-18(32-19(27-13)21(31)9-2-3-10-21)14-7-8-17(26-12-14)29-20(30)28-16-6-4-5-15(11-16)22(23,24)25/h4-8,11-12H,2-3,9-10H2,1H3,(H2,26,28,29,30). The summed E-state index contributed by atoms with van der Waals surface area (Å²) in [5.74, 6) is 0.233. The van der Waals surface area contributed by atoms with Crippen molar-refractivity contribution in [3.8, 4) is 10.4 Å². The Labute approximate surface area is 186 Å². The van der Waals surface area contributed by atoms with Gasteiger partial charge in [0.05, 0.1) is 16.1 Å². The molecule has 2 N–H and O–H groups in total. The first kappa shape index (κ1) is 22.2. The molecule has 1 aliphatic carbocycles. The summed E-state index contributed by atoms with van der Waals surface area (Å²) in [6, 6.07) is 6.99. The molecule has 0 bridgehead atoms. The smallest absolute Gasteiger partial charge is 0.308 e. The van der Waals surface area contributed by atoms with Crippen LogP contribution < -0.4 is 10.6 Å². The topological polar surface area (TPSA) is 86.8 Å². The maximum absolute atomic E-state index is 12.9. The maximum atomic E-state index is 12.9. The molecule has 1 aromatic carbocycles. The number of thiazole rings is 1. The molecule has 0 saturated heterocycles. The van der Waals surface area contributed by atoms with E-state index < -0.39 is 23.4 Å². The molecule has 2 heterocycles.